The van der Waals surface area contributed by atoms with Gasteiger partial charge in [-0.25, -0.2) is 4.40 Å². The van der Waals surface area contributed by atoms with Gasteiger partial charge in [0.1, 0.15) is 0 Å². The standard InChI is InChI=1S/C20H17Cl2F3N2OS/c1-11(26-12(2)28)13-3-5-14(6-4-13)18-10-19(29-27-18,20(23,24)25)15-7-16(21)9-17(22)8-15/h3-9,11H,10H2,1-2H3,(H,26,28). The molecule has 154 valence electrons. The number of carbonyl (C=O) groups is 1. The molecule has 3 nitrogen and oxygen atoms in total. The van der Waals surface area contributed by atoms with Gasteiger partial charge in [-0.15, -0.1) is 0 Å². The molecule has 1 aliphatic rings. The SMILES string of the molecule is CC(=O)NC(C)c1ccc(C2=NSC(c3cc(Cl)cc(Cl)c3)(C(F)(F)F)C2)cc1. The fourth-order valence-corrected chi connectivity index (χ4v) is 4.69. The van der Waals surface area contributed by atoms with Crippen molar-refractivity contribution in [2.75, 3.05) is 0 Å². The van der Waals surface area contributed by atoms with E-state index in [1.807, 2.05) is 6.92 Å². The highest BCUT2D eigenvalue weighted by atomic mass is 35.5. The third-order valence-corrected chi connectivity index (χ3v) is 6.35. The Labute approximate surface area is 180 Å². The molecule has 2 aromatic rings. The van der Waals surface area contributed by atoms with Gasteiger partial charge in [0, 0.05) is 23.4 Å². The predicted molar refractivity (Wildman–Crippen MR) is 112 cm³/mol. The van der Waals surface area contributed by atoms with Gasteiger partial charge >= 0.3 is 6.18 Å². The lowest BCUT2D eigenvalue weighted by Crippen LogP contribution is -2.38. The molecule has 0 radical (unpaired) electrons. The van der Waals surface area contributed by atoms with Crippen LogP contribution in [0.4, 0.5) is 13.2 Å². The average molecular weight is 461 g/mol. The minimum Gasteiger partial charge on any atom is -0.350 e. The van der Waals surface area contributed by atoms with E-state index in [2.05, 4.69) is 9.71 Å². The van der Waals surface area contributed by atoms with E-state index in [1.165, 1.54) is 25.1 Å². The second-order valence-corrected chi connectivity index (χ2v) is 8.77. The first kappa shape index (κ1) is 22.0. The van der Waals surface area contributed by atoms with Crippen LogP contribution in [0.3, 0.4) is 0 Å². The highest BCUT2D eigenvalue weighted by Crippen LogP contribution is 2.57. The van der Waals surface area contributed by atoms with E-state index in [9.17, 15) is 18.0 Å². The smallest absolute Gasteiger partial charge is 0.350 e. The summed E-state index contributed by atoms with van der Waals surface area (Å²) in [7, 11) is 0. The molecule has 1 N–H and O–H groups in total. The third kappa shape index (κ3) is 4.57. The zero-order valence-corrected chi connectivity index (χ0v) is 17.8. The molecule has 0 aromatic heterocycles. The molecule has 29 heavy (non-hydrogen) atoms. The van der Waals surface area contributed by atoms with E-state index in [4.69, 9.17) is 23.2 Å². The zero-order valence-electron chi connectivity index (χ0n) is 15.5. The highest BCUT2D eigenvalue weighted by molar-refractivity contribution is 7.99. The number of amides is 1. The van der Waals surface area contributed by atoms with Crippen molar-refractivity contribution in [2.45, 2.75) is 37.2 Å². The molecular formula is C20H17Cl2F3N2OS. The summed E-state index contributed by atoms with van der Waals surface area (Å²) in [5.74, 6) is -0.159. The number of hydrogen-bond acceptors (Lipinski definition) is 3. The van der Waals surface area contributed by atoms with Gasteiger partial charge in [0.15, 0.2) is 4.75 Å². The maximum atomic E-state index is 14.1. The zero-order chi connectivity index (χ0) is 21.4. The molecule has 2 unspecified atom stereocenters. The summed E-state index contributed by atoms with van der Waals surface area (Å²) in [6.07, 6.45) is -4.89. The van der Waals surface area contributed by atoms with Crippen molar-refractivity contribution in [1.29, 1.82) is 0 Å². The van der Waals surface area contributed by atoms with Crippen molar-refractivity contribution in [3.63, 3.8) is 0 Å². The summed E-state index contributed by atoms with van der Waals surface area (Å²) in [5, 5.41) is 3.05. The van der Waals surface area contributed by atoms with Crippen LogP contribution in [-0.4, -0.2) is 17.8 Å². The summed E-state index contributed by atoms with van der Waals surface area (Å²) in [6.45, 7) is 3.26. The second-order valence-electron chi connectivity index (χ2n) is 6.83. The van der Waals surface area contributed by atoms with E-state index in [1.54, 1.807) is 24.3 Å². The summed E-state index contributed by atoms with van der Waals surface area (Å²) < 4.78 is 44.3. The largest absolute Gasteiger partial charge is 0.409 e. The van der Waals surface area contributed by atoms with Gasteiger partial charge in [-0.2, -0.15) is 13.2 Å². The van der Waals surface area contributed by atoms with Crippen LogP contribution < -0.4 is 5.32 Å². The Kier molecular flexibility index (Phi) is 6.22. The van der Waals surface area contributed by atoms with Crippen LogP contribution in [-0.2, 0) is 9.54 Å². The van der Waals surface area contributed by atoms with Gasteiger partial charge in [-0.05, 0) is 53.8 Å². The molecule has 0 saturated heterocycles. The van der Waals surface area contributed by atoms with E-state index >= 15 is 0 Å². The molecule has 3 rings (SSSR count). The van der Waals surface area contributed by atoms with E-state index < -0.39 is 10.9 Å². The summed E-state index contributed by atoms with van der Waals surface area (Å²) >= 11 is 12.4. The number of halogens is 5. The molecule has 0 fully saturated rings. The second kappa shape index (κ2) is 8.20. The number of carbonyl (C=O) groups excluding carboxylic acids is 1. The lowest BCUT2D eigenvalue weighted by Gasteiger charge is -2.30. The number of benzene rings is 2. The van der Waals surface area contributed by atoms with Gasteiger partial charge < -0.3 is 5.32 Å². The van der Waals surface area contributed by atoms with Crippen LogP contribution >= 0.6 is 35.1 Å². The molecule has 2 atom stereocenters. The summed E-state index contributed by atoms with van der Waals surface area (Å²) in [6, 6.07) is 10.7. The molecule has 2 aromatic carbocycles. The lowest BCUT2D eigenvalue weighted by atomic mass is 9.89. The molecule has 9 heteroatoms. The molecule has 0 aliphatic carbocycles. The number of nitrogens with one attached hydrogen (secondary N) is 1. The van der Waals surface area contributed by atoms with Gasteiger partial charge in [0.2, 0.25) is 5.91 Å². The maximum absolute atomic E-state index is 14.1. The Morgan fingerprint density at radius 1 is 1.17 bits per heavy atom. The van der Waals surface area contributed by atoms with Gasteiger partial charge in [-0.3, -0.25) is 4.79 Å². The minimum atomic E-state index is -4.56. The fraction of sp³-hybridized carbons (Fsp3) is 0.300. The number of rotatable bonds is 4. The quantitative estimate of drug-likeness (QED) is 0.529. The van der Waals surface area contributed by atoms with E-state index in [-0.39, 0.29) is 34.0 Å². The van der Waals surface area contributed by atoms with Gasteiger partial charge in [-0.1, -0.05) is 47.5 Å². The normalized spacial score (nSPS) is 20.3. The number of hydrogen-bond donors (Lipinski definition) is 1. The molecular weight excluding hydrogens is 444 g/mol. The molecule has 0 bridgehead atoms. The van der Waals surface area contributed by atoms with Crippen LogP contribution in [0, 0.1) is 0 Å². The molecule has 1 heterocycles. The Morgan fingerprint density at radius 2 is 1.76 bits per heavy atom. The molecule has 1 amide bonds. The summed E-state index contributed by atoms with van der Waals surface area (Å²) in [4.78, 5) is 11.2. The van der Waals surface area contributed by atoms with Gasteiger partial charge in [0.05, 0.1) is 11.8 Å². The highest BCUT2D eigenvalue weighted by Gasteiger charge is 2.60. The summed E-state index contributed by atoms with van der Waals surface area (Å²) in [5.41, 5.74) is 1.75. The van der Waals surface area contributed by atoms with Gasteiger partial charge in [0.25, 0.3) is 0 Å². The average Bonchev–Trinajstić information content (AvgIpc) is 3.07. The molecule has 0 saturated carbocycles. The van der Waals surface area contributed by atoms with Crippen LogP contribution in [0.15, 0.2) is 46.9 Å². The first-order valence-corrected chi connectivity index (χ1v) is 10.2. The van der Waals surface area contributed by atoms with Crippen molar-refractivity contribution in [2.24, 2.45) is 4.40 Å². The van der Waals surface area contributed by atoms with E-state index in [0.29, 0.717) is 23.2 Å². The van der Waals surface area contributed by atoms with Crippen LogP contribution in [0.25, 0.3) is 0 Å². The Morgan fingerprint density at radius 3 is 2.28 bits per heavy atom. The lowest BCUT2D eigenvalue weighted by molar-refractivity contribution is -0.159. The maximum Gasteiger partial charge on any atom is 0.409 e. The van der Waals surface area contributed by atoms with Crippen molar-refractivity contribution in [1.82, 2.24) is 5.32 Å². The topological polar surface area (TPSA) is 41.5 Å². The van der Waals surface area contributed by atoms with Crippen LogP contribution in [0.1, 0.15) is 43.0 Å². The Hall–Kier alpha value is -1.70. The first-order chi connectivity index (χ1) is 13.5. The van der Waals surface area contributed by atoms with Crippen LogP contribution in [0.2, 0.25) is 10.0 Å². The monoisotopic (exact) mass is 460 g/mol. The van der Waals surface area contributed by atoms with Crippen molar-refractivity contribution >= 4 is 46.8 Å². The Bertz CT molecular complexity index is 943. The number of alkyl halides is 3. The minimum absolute atomic E-state index is 0.0258. The van der Waals surface area contributed by atoms with E-state index in [0.717, 1.165) is 5.56 Å². The van der Waals surface area contributed by atoms with Crippen molar-refractivity contribution < 1.29 is 18.0 Å². The van der Waals surface area contributed by atoms with Crippen molar-refractivity contribution in [3.8, 4) is 0 Å². The van der Waals surface area contributed by atoms with Crippen molar-refractivity contribution in [3.05, 3.63) is 69.2 Å². The molecule has 1 aliphatic heterocycles. The predicted octanol–water partition coefficient (Wildman–Crippen LogP) is 6.49. The first-order valence-electron chi connectivity index (χ1n) is 8.67. The fourth-order valence-electron chi connectivity index (χ4n) is 3.20. The third-order valence-electron chi connectivity index (χ3n) is 4.68. The number of nitrogens with zero attached hydrogens (tertiary/aromatic N) is 1. The Balaban J connectivity index is 1.90. The van der Waals surface area contributed by atoms with Crippen LogP contribution in [0.5, 0.6) is 0 Å². The molecule has 0 spiro atoms.